The van der Waals surface area contributed by atoms with Crippen molar-refractivity contribution in [2.75, 3.05) is 0 Å². The molecule has 0 aliphatic rings. The van der Waals surface area contributed by atoms with Gasteiger partial charge in [0.1, 0.15) is 24.4 Å². The fourth-order valence-electron chi connectivity index (χ4n) is 4.44. The molecule has 172 valence electrons. The molecule has 0 aliphatic carbocycles. The Morgan fingerprint density at radius 3 is 2.12 bits per heavy atom. The van der Waals surface area contributed by atoms with Crippen molar-refractivity contribution in [1.29, 1.82) is 0 Å². The van der Waals surface area contributed by atoms with Crippen molar-refractivity contribution < 1.29 is 9.36 Å². The quantitative estimate of drug-likeness (QED) is 0.331. The molecule has 0 unspecified atom stereocenters. The zero-order valence-electron chi connectivity index (χ0n) is 19.3. The maximum atomic E-state index is 13.0. The van der Waals surface area contributed by atoms with Crippen LogP contribution in [0.15, 0.2) is 103 Å². The van der Waals surface area contributed by atoms with Crippen LogP contribution in [0.3, 0.4) is 0 Å². The van der Waals surface area contributed by atoms with E-state index in [9.17, 15) is 4.79 Å². The summed E-state index contributed by atoms with van der Waals surface area (Å²) >= 11 is 5.96. The molecule has 0 saturated heterocycles. The number of benzene rings is 3. The van der Waals surface area contributed by atoms with Crippen LogP contribution in [0.4, 0.5) is 0 Å². The van der Waals surface area contributed by atoms with Crippen LogP contribution in [0.1, 0.15) is 28.9 Å². The number of hydrogen-bond donors (Lipinski definition) is 1. The van der Waals surface area contributed by atoms with E-state index in [4.69, 9.17) is 17.3 Å². The number of aryl methyl sites for hydroxylation is 1. The van der Waals surface area contributed by atoms with Crippen LogP contribution >= 0.6 is 11.6 Å². The number of halogens is 1. The minimum atomic E-state index is -0.904. The summed E-state index contributed by atoms with van der Waals surface area (Å²) < 4.78 is 4.36. The van der Waals surface area contributed by atoms with Crippen LogP contribution in [0, 0.1) is 6.92 Å². The first-order valence-electron chi connectivity index (χ1n) is 11.4. The lowest BCUT2D eigenvalue weighted by Crippen LogP contribution is -2.43. The smallest absolute Gasteiger partial charge is 0.253 e. The van der Waals surface area contributed by atoms with E-state index in [1.54, 1.807) is 0 Å². The predicted molar refractivity (Wildman–Crippen MR) is 137 cm³/mol. The Balaban J connectivity index is 1.56. The number of imidazole rings is 1. The standard InChI is InChI=1S/C29H28ClN3O/c1-23-32(19-8-9-24-14-16-27(30)17-15-24)21-22-33(23)20-18-29(28(31)34,25-10-4-2-5-11-25)26-12-6-3-7-13-26/h2-17,21-22H,18-20H2,1H3,(H-,31,34)/p+1/b9-8+. The van der Waals surface area contributed by atoms with Gasteiger partial charge in [0.05, 0.1) is 6.54 Å². The molecule has 0 fully saturated rings. The van der Waals surface area contributed by atoms with E-state index in [0.717, 1.165) is 34.1 Å². The van der Waals surface area contributed by atoms with Crippen LogP contribution in [-0.4, -0.2) is 10.5 Å². The van der Waals surface area contributed by atoms with Crippen molar-refractivity contribution in [3.63, 3.8) is 0 Å². The number of nitrogens with two attached hydrogens (primary N) is 1. The van der Waals surface area contributed by atoms with Crippen LogP contribution in [0.2, 0.25) is 5.02 Å². The van der Waals surface area contributed by atoms with E-state index in [2.05, 4.69) is 40.6 Å². The molecule has 0 saturated carbocycles. The second-order valence-electron chi connectivity index (χ2n) is 8.40. The van der Waals surface area contributed by atoms with Gasteiger partial charge in [-0.05, 0) is 34.9 Å². The lowest BCUT2D eigenvalue weighted by Gasteiger charge is -2.31. The molecule has 1 heterocycles. The van der Waals surface area contributed by atoms with Gasteiger partial charge in [-0.15, -0.1) is 0 Å². The molecule has 4 aromatic rings. The van der Waals surface area contributed by atoms with Gasteiger partial charge in [0.25, 0.3) is 5.82 Å². The van der Waals surface area contributed by atoms with Crippen molar-refractivity contribution in [3.8, 4) is 0 Å². The number of allylic oxidation sites excluding steroid dienone is 1. The molecule has 0 spiro atoms. The van der Waals surface area contributed by atoms with Crippen molar-refractivity contribution >= 4 is 23.6 Å². The molecule has 1 amide bonds. The second kappa shape index (κ2) is 10.5. The number of rotatable bonds is 9. The number of hydrogen-bond acceptors (Lipinski definition) is 1. The van der Waals surface area contributed by atoms with E-state index in [-0.39, 0.29) is 5.91 Å². The first-order chi connectivity index (χ1) is 16.5. The van der Waals surface area contributed by atoms with Crippen LogP contribution in [0.25, 0.3) is 6.08 Å². The highest BCUT2D eigenvalue weighted by Gasteiger charge is 2.40. The fraction of sp³-hybridized carbons (Fsp3) is 0.172. The highest BCUT2D eigenvalue weighted by Crippen LogP contribution is 2.36. The monoisotopic (exact) mass is 470 g/mol. The first kappa shape index (κ1) is 23.5. The largest absolute Gasteiger partial charge is 0.369 e. The molecule has 2 N–H and O–H groups in total. The van der Waals surface area contributed by atoms with Gasteiger partial charge in [-0.1, -0.05) is 90.5 Å². The van der Waals surface area contributed by atoms with Crippen LogP contribution in [0.5, 0.6) is 0 Å². The molecule has 34 heavy (non-hydrogen) atoms. The molecular weight excluding hydrogens is 442 g/mol. The van der Waals surface area contributed by atoms with Crippen molar-refractivity contribution in [2.24, 2.45) is 5.73 Å². The zero-order chi connectivity index (χ0) is 24.0. The van der Waals surface area contributed by atoms with E-state index in [1.165, 1.54) is 0 Å². The average molecular weight is 471 g/mol. The Morgan fingerprint density at radius 1 is 0.971 bits per heavy atom. The number of nitrogens with zero attached hydrogens (tertiary/aromatic N) is 2. The van der Waals surface area contributed by atoms with Gasteiger partial charge in [0, 0.05) is 18.4 Å². The van der Waals surface area contributed by atoms with Crippen LogP contribution < -0.4 is 10.3 Å². The van der Waals surface area contributed by atoms with Gasteiger partial charge in [-0.25, -0.2) is 9.13 Å². The average Bonchev–Trinajstić information content (AvgIpc) is 3.21. The molecule has 5 heteroatoms. The highest BCUT2D eigenvalue weighted by molar-refractivity contribution is 6.30. The lowest BCUT2D eigenvalue weighted by atomic mass is 9.71. The molecular formula is C29H29ClN3O+. The molecule has 4 rings (SSSR count). The molecule has 0 radical (unpaired) electrons. The Labute approximate surface area is 205 Å². The van der Waals surface area contributed by atoms with Gasteiger partial charge in [-0.3, -0.25) is 4.79 Å². The number of aromatic nitrogens is 2. The second-order valence-corrected chi connectivity index (χ2v) is 8.83. The Bertz CT molecular complexity index is 1220. The van der Waals surface area contributed by atoms with Gasteiger partial charge < -0.3 is 5.73 Å². The summed E-state index contributed by atoms with van der Waals surface area (Å²) in [6, 6.07) is 27.5. The summed E-state index contributed by atoms with van der Waals surface area (Å²) in [5.41, 5.74) is 8.14. The molecule has 0 aliphatic heterocycles. The molecule has 4 nitrogen and oxygen atoms in total. The Hall–Kier alpha value is -3.63. The molecule has 0 atom stereocenters. The van der Waals surface area contributed by atoms with Crippen molar-refractivity contribution in [3.05, 3.63) is 131 Å². The molecule has 1 aromatic heterocycles. The summed E-state index contributed by atoms with van der Waals surface area (Å²) in [6.07, 6.45) is 8.91. The zero-order valence-corrected chi connectivity index (χ0v) is 20.0. The Morgan fingerprint density at radius 2 is 1.56 bits per heavy atom. The van der Waals surface area contributed by atoms with Gasteiger partial charge >= 0.3 is 0 Å². The summed E-state index contributed by atoms with van der Waals surface area (Å²) in [7, 11) is 0. The number of carbonyl (C=O) groups excluding carboxylic acids is 1. The Kier molecular flexibility index (Phi) is 7.29. The number of primary amides is 1. The van der Waals surface area contributed by atoms with Gasteiger partial charge in [0.15, 0.2) is 0 Å². The number of amides is 1. The third-order valence-corrected chi connectivity index (χ3v) is 6.67. The predicted octanol–water partition coefficient (Wildman–Crippen LogP) is 5.31. The van der Waals surface area contributed by atoms with Crippen molar-refractivity contribution in [1.82, 2.24) is 4.57 Å². The highest BCUT2D eigenvalue weighted by atomic mass is 35.5. The van der Waals surface area contributed by atoms with E-state index >= 15 is 0 Å². The summed E-state index contributed by atoms with van der Waals surface area (Å²) in [4.78, 5) is 13.0. The summed E-state index contributed by atoms with van der Waals surface area (Å²) in [5, 5.41) is 0.734. The van der Waals surface area contributed by atoms with Crippen LogP contribution in [-0.2, 0) is 23.3 Å². The maximum Gasteiger partial charge on any atom is 0.253 e. The van der Waals surface area contributed by atoms with E-state index in [1.807, 2.05) is 84.9 Å². The van der Waals surface area contributed by atoms with E-state index < -0.39 is 5.41 Å². The maximum absolute atomic E-state index is 13.0. The topological polar surface area (TPSA) is 51.9 Å². The first-order valence-corrected chi connectivity index (χ1v) is 11.8. The lowest BCUT2D eigenvalue weighted by molar-refractivity contribution is -0.692. The van der Waals surface area contributed by atoms with Gasteiger partial charge in [0.2, 0.25) is 5.91 Å². The summed E-state index contributed by atoms with van der Waals surface area (Å²) in [5.74, 6) is 0.772. The number of carbonyl (C=O) groups is 1. The van der Waals surface area contributed by atoms with E-state index in [0.29, 0.717) is 13.0 Å². The fourth-order valence-corrected chi connectivity index (χ4v) is 4.57. The normalized spacial score (nSPS) is 11.7. The SMILES string of the molecule is Cc1n(CCC(C(N)=O)(c2ccccc2)c2ccccc2)cc[n+]1C/C=C/c1ccc(Cl)cc1. The molecule has 3 aromatic carbocycles. The summed E-state index contributed by atoms with van der Waals surface area (Å²) in [6.45, 7) is 3.50. The minimum absolute atomic E-state index is 0.339. The third kappa shape index (κ3) is 4.97. The minimum Gasteiger partial charge on any atom is -0.369 e. The van der Waals surface area contributed by atoms with Crippen molar-refractivity contribution in [2.45, 2.75) is 31.8 Å². The third-order valence-electron chi connectivity index (χ3n) is 6.42. The van der Waals surface area contributed by atoms with Gasteiger partial charge in [-0.2, -0.15) is 0 Å². The molecule has 0 bridgehead atoms.